The third kappa shape index (κ3) is 3.73. The number of nitrogens with one attached hydrogen (secondary N) is 2. The average molecular weight is 478 g/mol. The molecule has 1 fully saturated rings. The summed E-state index contributed by atoms with van der Waals surface area (Å²) in [5.74, 6) is -0.288. The number of urea groups is 1. The van der Waals surface area contributed by atoms with Gasteiger partial charge >= 0.3 is 6.03 Å². The second-order valence-corrected chi connectivity index (χ2v) is 9.94. The minimum atomic E-state index is -0.525. The number of rotatable bonds is 5. The van der Waals surface area contributed by atoms with Crippen molar-refractivity contribution in [3.05, 3.63) is 59.8 Å². The van der Waals surface area contributed by atoms with Gasteiger partial charge in [0.1, 0.15) is 10.3 Å². The Hall–Kier alpha value is -3.33. The van der Waals surface area contributed by atoms with Crippen LogP contribution < -0.4 is 15.5 Å². The van der Waals surface area contributed by atoms with Gasteiger partial charge in [0.05, 0.1) is 17.4 Å². The van der Waals surface area contributed by atoms with Crippen LogP contribution in [0.3, 0.4) is 0 Å². The molecule has 5 rings (SSSR count). The zero-order valence-electron chi connectivity index (χ0n) is 19.2. The highest BCUT2D eigenvalue weighted by Crippen LogP contribution is 2.50. The maximum absolute atomic E-state index is 13.3. The van der Waals surface area contributed by atoms with Crippen molar-refractivity contribution in [2.45, 2.75) is 49.0 Å². The van der Waals surface area contributed by atoms with Gasteiger partial charge in [-0.15, -0.1) is 0 Å². The van der Waals surface area contributed by atoms with E-state index in [9.17, 15) is 14.4 Å². The van der Waals surface area contributed by atoms with Gasteiger partial charge in [-0.05, 0) is 49.1 Å². The Labute approximate surface area is 202 Å². The van der Waals surface area contributed by atoms with Crippen LogP contribution in [0.4, 0.5) is 16.2 Å². The van der Waals surface area contributed by atoms with E-state index in [1.807, 2.05) is 25.1 Å². The van der Waals surface area contributed by atoms with E-state index in [0.29, 0.717) is 19.5 Å². The summed E-state index contributed by atoms with van der Waals surface area (Å²) in [5, 5.41) is 6.36. The topological polar surface area (TPSA) is 94.6 Å². The van der Waals surface area contributed by atoms with Crippen LogP contribution >= 0.6 is 11.8 Å². The van der Waals surface area contributed by atoms with Crippen LogP contribution in [0.5, 0.6) is 0 Å². The zero-order valence-corrected chi connectivity index (χ0v) is 20.0. The fraction of sp³-hybridized carbons (Fsp3) is 0.360. The highest BCUT2D eigenvalue weighted by molar-refractivity contribution is 8.01. The summed E-state index contributed by atoms with van der Waals surface area (Å²) in [4.78, 5) is 46.3. The molecule has 2 aromatic rings. The van der Waals surface area contributed by atoms with Gasteiger partial charge < -0.3 is 15.5 Å². The normalized spacial score (nSPS) is 22.9. The number of hydrogen-bond acceptors (Lipinski definition) is 5. The van der Waals surface area contributed by atoms with Gasteiger partial charge in [-0.2, -0.15) is 0 Å². The first-order valence-electron chi connectivity index (χ1n) is 11.5. The SMILES string of the molecule is C=CC(=O)N1CCC(NC(=O)[C@@H]2Sc3nccc4c3C2NC(=O)N4c2ccc(CC)cc2C)C1. The van der Waals surface area contributed by atoms with E-state index in [0.717, 1.165) is 33.9 Å². The third-order valence-corrected chi connectivity index (χ3v) is 7.98. The summed E-state index contributed by atoms with van der Waals surface area (Å²) in [5.41, 5.74) is 4.68. The molecule has 0 saturated carbocycles. The van der Waals surface area contributed by atoms with Gasteiger partial charge in [0.2, 0.25) is 11.8 Å². The molecule has 0 spiro atoms. The van der Waals surface area contributed by atoms with Crippen molar-refractivity contribution in [2.24, 2.45) is 0 Å². The monoisotopic (exact) mass is 477 g/mol. The second-order valence-electron chi connectivity index (χ2n) is 8.81. The first-order valence-corrected chi connectivity index (χ1v) is 12.4. The quantitative estimate of drug-likeness (QED) is 0.645. The molecule has 1 saturated heterocycles. The zero-order chi connectivity index (χ0) is 24.0. The lowest BCUT2D eigenvalue weighted by Gasteiger charge is -2.35. The lowest BCUT2D eigenvalue weighted by atomic mass is 9.98. The fourth-order valence-electron chi connectivity index (χ4n) is 4.94. The molecule has 3 aliphatic rings. The van der Waals surface area contributed by atoms with Crippen LogP contribution in [0.25, 0.3) is 0 Å². The summed E-state index contributed by atoms with van der Waals surface area (Å²) in [6.07, 6.45) is 4.60. The second kappa shape index (κ2) is 8.79. The van der Waals surface area contributed by atoms with E-state index >= 15 is 0 Å². The number of likely N-dealkylation sites (tertiary alicyclic amines) is 1. The molecule has 9 heteroatoms. The number of thioether (sulfide) groups is 1. The first-order chi connectivity index (χ1) is 16.4. The molecule has 8 nitrogen and oxygen atoms in total. The van der Waals surface area contributed by atoms with Crippen molar-refractivity contribution in [1.29, 1.82) is 0 Å². The van der Waals surface area contributed by atoms with Crippen molar-refractivity contribution in [3.8, 4) is 0 Å². The van der Waals surface area contributed by atoms with Gasteiger partial charge in [-0.1, -0.05) is 37.4 Å². The molecule has 0 aliphatic carbocycles. The van der Waals surface area contributed by atoms with Crippen LogP contribution in [0.2, 0.25) is 0 Å². The number of hydrogen-bond donors (Lipinski definition) is 2. The van der Waals surface area contributed by atoms with E-state index in [2.05, 4.69) is 35.2 Å². The Bertz CT molecular complexity index is 1200. The summed E-state index contributed by atoms with van der Waals surface area (Å²) >= 11 is 1.37. The van der Waals surface area contributed by atoms with Crippen LogP contribution in [0, 0.1) is 6.92 Å². The van der Waals surface area contributed by atoms with Crippen LogP contribution in [-0.4, -0.2) is 52.1 Å². The van der Waals surface area contributed by atoms with Crippen molar-refractivity contribution in [1.82, 2.24) is 20.5 Å². The number of carbonyl (C=O) groups excluding carboxylic acids is 3. The molecule has 1 aromatic heterocycles. The lowest BCUT2D eigenvalue weighted by molar-refractivity contribution is -0.126. The molecule has 0 bridgehead atoms. The Morgan fingerprint density at radius 2 is 2.15 bits per heavy atom. The Kier molecular flexibility index (Phi) is 5.81. The molecular formula is C25H27N5O3S. The summed E-state index contributed by atoms with van der Waals surface area (Å²) in [7, 11) is 0. The number of benzene rings is 1. The minimum Gasteiger partial charge on any atom is -0.350 e. The molecule has 4 heterocycles. The number of amides is 4. The Balaban J connectivity index is 1.40. The molecule has 1 aromatic carbocycles. The molecule has 34 heavy (non-hydrogen) atoms. The molecule has 2 unspecified atom stereocenters. The fourth-order valence-corrected chi connectivity index (χ4v) is 6.18. The highest BCUT2D eigenvalue weighted by atomic mass is 32.2. The number of anilines is 2. The molecule has 0 radical (unpaired) electrons. The van der Waals surface area contributed by atoms with Crippen molar-refractivity contribution < 1.29 is 14.4 Å². The lowest BCUT2D eigenvalue weighted by Crippen LogP contribution is -2.50. The summed E-state index contributed by atoms with van der Waals surface area (Å²) < 4.78 is 0. The number of aromatic nitrogens is 1. The smallest absolute Gasteiger partial charge is 0.327 e. The summed E-state index contributed by atoms with van der Waals surface area (Å²) in [6.45, 7) is 8.68. The predicted molar refractivity (Wildman–Crippen MR) is 131 cm³/mol. The summed E-state index contributed by atoms with van der Waals surface area (Å²) in [6, 6.07) is 7.11. The van der Waals surface area contributed by atoms with Gasteiger partial charge in [0, 0.05) is 30.9 Å². The molecule has 4 amide bonds. The third-order valence-electron chi connectivity index (χ3n) is 6.70. The van der Waals surface area contributed by atoms with Crippen molar-refractivity contribution in [2.75, 3.05) is 18.0 Å². The highest BCUT2D eigenvalue weighted by Gasteiger charge is 2.47. The Morgan fingerprint density at radius 3 is 2.88 bits per heavy atom. The standard InChI is InChI=1S/C25H27N5O3S/c1-4-15-6-7-17(14(3)12-15)30-18-8-10-26-24-20(18)21(28-25(30)33)22(34-24)23(32)27-16-9-11-29(13-16)19(31)5-2/h5-8,10,12,16,21-22H,2,4,9,11,13H2,1,3H3,(H,27,32)(H,28,33)/t16?,21?,22-/m1/s1. The average Bonchev–Trinajstić information content (AvgIpc) is 3.45. The largest absolute Gasteiger partial charge is 0.350 e. The van der Waals surface area contributed by atoms with E-state index in [4.69, 9.17) is 0 Å². The van der Waals surface area contributed by atoms with Gasteiger partial charge in [0.25, 0.3) is 0 Å². The predicted octanol–water partition coefficient (Wildman–Crippen LogP) is 3.23. The maximum atomic E-state index is 13.3. The van der Waals surface area contributed by atoms with E-state index in [1.165, 1.54) is 23.4 Å². The van der Waals surface area contributed by atoms with Gasteiger partial charge in [-0.3, -0.25) is 14.5 Å². The molecule has 176 valence electrons. The molecule has 3 atom stereocenters. The molecular weight excluding hydrogens is 450 g/mol. The van der Waals surface area contributed by atoms with Gasteiger partial charge in [0.15, 0.2) is 0 Å². The first kappa shape index (κ1) is 22.5. The van der Waals surface area contributed by atoms with E-state index in [-0.39, 0.29) is 23.9 Å². The Morgan fingerprint density at radius 1 is 1.32 bits per heavy atom. The molecule has 3 aliphatic heterocycles. The van der Waals surface area contributed by atoms with Crippen LogP contribution in [-0.2, 0) is 16.0 Å². The van der Waals surface area contributed by atoms with Crippen LogP contribution in [0.15, 0.2) is 48.1 Å². The number of carbonyl (C=O) groups is 3. The van der Waals surface area contributed by atoms with Crippen LogP contribution in [0.1, 0.15) is 36.1 Å². The maximum Gasteiger partial charge on any atom is 0.327 e. The minimum absolute atomic E-state index is 0.122. The van der Waals surface area contributed by atoms with Crippen molar-refractivity contribution >= 4 is 41.0 Å². The number of pyridine rings is 1. The van der Waals surface area contributed by atoms with E-state index < -0.39 is 11.3 Å². The van der Waals surface area contributed by atoms with E-state index in [1.54, 1.807) is 16.0 Å². The molecule has 2 N–H and O–H groups in total. The number of aryl methyl sites for hydroxylation is 2. The number of nitrogens with zero attached hydrogens (tertiary/aromatic N) is 3. The van der Waals surface area contributed by atoms with Crippen molar-refractivity contribution in [3.63, 3.8) is 0 Å². The van der Waals surface area contributed by atoms with Gasteiger partial charge in [-0.25, -0.2) is 9.78 Å².